The molecule has 1 aliphatic rings. The van der Waals surface area contributed by atoms with Gasteiger partial charge in [0.2, 0.25) is 5.91 Å². The fourth-order valence-electron chi connectivity index (χ4n) is 2.47. The molecule has 3 N–H and O–H groups in total. The van der Waals surface area contributed by atoms with E-state index >= 15 is 0 Å². The van der Waals surface area contributed by atoms with E-state index in [4.69, 9.17) is 5.73 Å². The Hall–Kier alpha value is -2.68. The van der Waals surface area contributed by atoms with Crippen LogP contribution in [0.4, 0.5) is 15.7 Å². The van der Waals surface area contributed by atoms with Crippen molar-refractivity contribution in [2.45, 2.75) is 6.42 Å². The number of hydrogen-bond acceptors (Lipinski definition) is 6. The smallest absolute Gasteiger partial charge is 0.323 e. The van der Waals surface area contributed by atoms with E-state index in [1.807, 2.05) is 18.2 Å². The number of piperazine rings is 1. The van der Waals surface area contributed by atoms with Crippen LogP contribution < -0.4 is 16.0 Å². The number of nitrogens with two attached hydrogens (primary N) is 1. The molecule has 0 atom stereocenters. The molecule has 1 aliphatic heterocycles. The molecule has 1 fully saturated rings. The average molecular weight is 346 g/mol. The number of nitrogens with zero attached hydrogens (tertiary/aromatic N) is 4. The summed E-state index contributed by atoms with van der Waals surface area (Å²) in [5.41, 5.74) is 5.71. The number of nitrogens with one attached hydrogen (secondary N) is 1. The predicted octanol–water partition coefficient (Wildman–Crippen LogP) is 0.920. The highest BCUT2D eigenvalue weighted by Gasteiger charge is 2.22. The number of rotatable bonds is 4. The standard InChI is InChI=1S/C15H18N6O2S/c16-12(22)9-11-10-24-14(18-11)19-15(23)21-7-5-20(6-8-21)13-3-1-2-4-17-13/h1-4,10H,5-9H2,(H2,16,22)(H,18,19,23). The van der Waals surface area contributed by atoms with Crippen molar-refractivity contribution in [1.29, 1.82) is 0 Å². The van der Waals surface area contributed by atoms with Crippen LogP contribution in [-0.4, -0.2) is 53.0 Å². The van der Waals surface area contributed by atoms with Crippen LogP contribution in [-0.2, 0) is 11.2 Å². The van der Waals surface area contributed by atoms with Crippen molar-refractivity contribution in [2.75, 3.05) is 36.4 Å². The molecule has 1 saturated heterocycles. The Balaban J connectivity index is 1.52. The summed E-state index contributed by atoms with van der Waals surface area (Å²) in [4.78, 5) is 35.6. The molecule has 24 heavy (non-hydrogen) atoms. The third kappa shape index (κ3) is 3.99. The summed E-state index contributed by atoms with van der Waals surface area (Å²) in [6, 6.07) is 5.61. The second-order valence-corrected chi connectivity index (χ2v) is 6.24. The molecular formula is C15H18N6O2S. The molecule has 2 aromatic rings. The lowest BCUT2D eigenvalue weighted by molar-refractivity contribution is -0.117. The first kappa shape index (κ1) is 16.2. The first-order chi connectivity index (χ1) is 11.6. The van der Waals surface area contributed by atoms with Crippen LogP contribution in [0.15, 0.2) is 29.8 Å². The van der Waals surface area contributed by atoms with Gasteiger partial charge in [0.05, 0.1) is 12.1 Å². The number of primary amides is 1. The Morgan fingerprint density at radius 3 is 2.71 bits per heavy atom. The maximum atomic E-state index is 12.3. The van der Waals surface area contributed by atoms with E-state index in [2.05, 4.69) is 20.2 Å². The minimum absolute atomic E-state index is 0.0785. The molecule has 8 nitrogen and oxygen atoms in total. The first-order valence-electron chi connectivity index (χ1n) is 7.56. The third-order valence-electron chi connectivity index (χ3n) is 3.66. The van der Waals surface area contributed by atoms with Gasteiger partial charge in [-0.1, -0.05) is 6.07 Å². The lowest BCUT2D eigenvalue weighted by Gasteiger charge is -2.35. The summed E-state index contributed by atoms with van der Waals surface area (Å²) in [5.74, 6) is 0.484. The zero-order chi connectivity index (χ0) is 16.9. The van der Waals surface area contributed by atoms with Crippen molar-refractivity contribution in [1.82, 2.24) is 14.9 Å². The molecule has 126 valence electrons. The van der Waals surface area contributed by atoms with E-state index in [0.717, 1.165) is 18.9 Å². The van der Waals surface area contributed by atoms with Gasteiger partial charge in [-0.2, -0.15) is 0 Å². The van der Waals surface area contributed by atoms with Crippen LogP contribution in [0, 0.1) is 0 Å². The van der Waals surface area contributed by atoms with Gasteiger partial charge >= 0.3 is 6.03 Å². The van der Waals surface area contributed by atoms with Crippen molar-refractivity contribution >= 4 is 34.2 Å². The fraction of sp³-hybridized carbons (Fsp3) is 0.333. The van der Waals surface area contributed by atoms with Crippen molar-refractivity contribution in [3.8, 4) is 0 Å². The van der Waals surface area contributed by atoms with E-state index in [-0.39, 0.29) is 12.5 Å². The Morgan fingerprint density at radius 1 is 1.25 bits per heavy atom. The summed E-state index contributed by atoms with van der Waals surface area (Å²) in [5, 5.41) is 4.97. The minimum Gasteiger partial charge on any atom is -0.369 e. The number of urea groups is 1. The number of aromatic nitrogens is 2. The Labute approximate surface area is 143 Å². The highest BCUT2D eigenvalue weighted by Crippen LogP contribution is 2.17. The molecule has 2 aromatic heterocycles. The highest BCUT2D eigenvalue weighted by molar-refractivity contribution is 7.13. The molecule has 0 aromatic carbocycles. The van der Waals surface area contributed by atoms with Gasteiger partial charge in [0.25, 0.3) is 0 Å². The van der Waals surface area contributed by atoms with Gasteiger partial charge in [0.15, 0.2) is 5.13 Å². The number of thiazole rings is 1. The number of hydrogen-bond donors (Lipinski definition) is 2. The summed E-state index contributed by atoms with van der Waals surface area (Å²) >= 11 is 1.28. The van der Waals surface area contributed by atoms with Crippen molar-refractivity contribution in [3.05, 3.63) is 35.5 Å². The number of carbonyl (C=O) groups is 2. The number of anilines is 2. The molecule has 0 bridgehead atoms. The van der Waals surface area contributed by atoms with Crippen LogP contribution in [0.2, 0.25) is 0 Å². The van der Waals surface area contributed by atoms with E-state index in [9.17, 15) is 9.59 Å². The molecule has 0 spiro atoms. The molecule has 0 unspecified atom stereocenters. The molecule has 3 heterocycles. The van der Waals surface area contributed by atoms with Crippen LogP contribution in [0.3, 0.4) is 0 Å². The molecular weight excluding hydrogens is 328 g/mol. The molecule has 9 heteroatoms. The van der Waals surface area contributed by atoms with Gasteiger partial charge in [0, 0.05) is 37.8 Å². The van der Waals surface area contributed by atoms with E-state index < -0.39 is 5.91 Å². The van der Waals surface area contributed by atoms with Gasteiger partial charge in [0.1, 0.15) is 5.82 Å². The fourth-order valence-corrected chi connectivity index (χ4v) is 3.17. The van der Waals surface area contributed by atoms with Crippen molar-refractivity contribution in [2.24, 2.45) is 5.73 Å². The van der Waals surface area contributed by atoms with E-state index in [1.165, 1.54) is 11.3 Å². The molecule has 0 aliphatic carbocycles. The monoisotopic (exact) mass is 346 g/mol. The van der Waals surface area contributed by atoms with Crippen LogP contribution >= 0.6 is 11.3 Å². The van der Waals surface area contributed by atoms with Crippen molar-refractivity contribution < 1.29 is 9.59 Å². The summed E-state index contributed by atoms with van der Waals surface area (Å²) in [6.45, 7) is 2.69. The van der Waals surface area contributed by atoms with E-state index in [1.54, 1.807) is 16.5 Å². The maximum absolute atomic E-state index is 12.3. The predicted molar refractivity (Wildman–Crippen MR) is 92.1 cm³/mol. The van der Waals surface area contributed by atoms with Gasteiger partial charge in [-0.3, -0.25) is 10.1 Å². The van der Waals surface area contributed by atoms with Gasteiger partial charge in [-0.15, -0.1) is 11.3 Å². The molecule has 3 rings (SSSR count). The average Bonchev–Trinajstić information content (AvgIpc) is 3.02. The number of pyridine rings is 1. The molecule has 3 amide bonds. The molecule has 0 saturated carbocycles. The Morgan fingerprint density at radius 2 is 2.04 bits per heavy atom. The highest BCUT2D eigenvalue weighted by atomic mass is 32.1. The van der Waals surface area contributed by atoms with Crippen LogP contribution in [0.1, 0.15) is 5.69 Å². The Bertz CT molecular complexity index is 712. The largest absolute Gasteiger partial charge is 0.369 e. The zero-order valence-corrected chi connectivity index (χ0v) is 13.8. The summed E-state index contributed by atoms with van der Waals surface area (Å²) in [7, 11) is 0. The third-order valence-corrected chi connectivity index (χ3v) is 4.47. The van der Waals surface area contributed by atoms with Gasteiger partial charge < -0.3 is 15.5 Å². The lowest BCUT2D eigenvalue weighted by atomic mass is 10.3. The second-order valence-electron chi connectivity index (χ2n) is 5.38. The topological polar surface area (TPSA) is 104 Å². The lowest BCUT2D eigenvalue weighted by Crippen LogP contribution is -2.50. The summed E-state index contributed by atoms with van der Waals surface area (Å²) in [6.07, 6.45) is 1.84. The van der Waals surface area contributed by atoms with Gasteiger partial charge in [-0.05, 0) is 12.1 Å². The van der Waals surface area contributed by atoms with Crippen molar-refractivity contribution in [3.63, 3.8) is 0 Å². The number of amides is 3. The minimum atomic E-state index is -0.441. The quantitative estimate of drug-likeness (QED) is 0.856. The SMILES string of the molecule is NC(=O)Cc1csc(NC(=O)N2CCN(c3ccccn3)CC2)n1. The van der Waals surface area contributed by atoms with E-state index in [0.29, 0.717) is 23.9 Å². The van der Waals surface area contributed by atoms with Crippen LogP contribution in [0.5, 0.6) is 0 Å². The molecule has 0 radical (unpaired) electrons. The maximum Gasteiger partial charge on any atom is 0.323 e. The normalized spacial score (nSPS) is 14.5. The Kier molecular flexibility index (Phi) is 4.90. The summed E-state index contributed by atoms with van der Waals surface area (Å²) < 4.78 is 0. The van der Waals surface area contributed by atoms with Gasteiger partial charge in [-0.25, -0.2) is 14.8 Å². The second kappa shape index (κ2) is 7.26. The van der Waals surface area contributed by atoms with Crippen LogP contribution in [0.25, 0.3) is 0 Å². The first-order valence-corrected chi connectivity index (χ1v) is 8.44. The number of carbonyl (C=O) groups excluding carboxylic acids is 2. The zero-order valence-electron chi connectivity index (χ0n) is 13.0.